The molecule has 86 valence electrons. The Hall–Kier alpha value is 0.690. The van der Waals surface area contributed by atoms with Crippen LogP contribution in [0.4, 0.5) is 0 Å². The molecule has 2 atom stereocenters. The van der Waals surface area contributed by atoms with Crippen molar-refractivity contribution in [1.82, 2.24) is 0 Å². The van der Waals surface area contributed by atoms with Crippen molar-refractivity contribution in [2.75, 3.05) is 11.0 Å². The Labute approximate surface area is 103 Å². The zero-order valence-corrected chi connectivity index (χ0v) is 12.1. The fourth-order valence-electron chi connectivity index (χ4n) is 2.07. The van der Waals surface area contributed by atoms with Gasteiger partial charge in [-0.2, -0.15) is 0 Å². The molecule has 0 fully saturated rings. The van der Waals surface area contributed by atoms with Crippen molar-refractivity contribution in [2.45, 2.75) is 46.5 Å². The molecule has 0 radical (unpaired) electrons. The van der Waals surface area contributed by atoms with Crippen LogP contribution in [0.15, 0.2) is 0 Å². The highest BCUT2D eigenvalue weighted by Crippen LogP contribution is 2.24. The Morgan fingerprint density at radius 3 is 2.14 bits per heavy atom. The zero-order valence-electron chi connectivity index (χ0n) is 9.93. The molecule has 0 aromatic rings. The molecule has 0 saturated carbocycles. The van der Waals surface area contributed by atoms with Gasteiger partial charge in [-0.05, 0) is 48.0 Å². The summed E-state index contributed by atoms with van der Waals surface area (Å²) in [6.45, 7) is 7.76. The number of hydrogen-bond donors (Lipinski definition) is 1. The summed E-state index contributed by atoms with van der Waals surface area (Å²) in [6.07, 6.45) is 5.33. The van der Waals surface area contributed by atoms with Crippen molar-refractivity contribution >= 4 is 22.6 Å². The monoisotopic (exact) mass is 311 g/mol. The molecule has 0 aromatic heterocycles. The number of rotatable bonds is 8. The van der Waals surface area contributed by atoms with Gasteiger partial charge in [0.15, 0.2) is 0 Å². The first kappa shape index (κ1) is 14.7. The van der Waals surface area contributed by atoms with Gasteiger partial charge in [0.25, 0.3) is 0 Å². The Kier molecular flexibility index (Phi) is 9.40. The third-order valence-corrected chi connectivity index (χ3v) is 3.52. The highest BCUT2D eigenvalue weighted by Gasteiger charge is 2.14. The molecule has 2 N–H and O–H groups in total. The molecule has 1 unspecified atom stereocenters. The van der Waals surface area contributed by atoms with Crippen molar-refractivity contribution in [3.8, 4) is 0 Å². The van der Waals surface area contributed by atoms with Crippen LogP contribution in [-0.4, -0.2) is 11.0 Å². The standard InChI is InChI=1S/C12H26IN/c1-4-11(5-6-13)8-12(9-14)7-10(2)3/h10-12H,4-9,14H2,1-3H3/t11?,12-/m1/s1. The predicted octanol–water partition coefficient (Wildman–Crippen LogP) is 3.85. The number of nitrogens with two attached hydrogens (primary N) is 1. The van der Waals surface area contributed by atoms with Crippen LogP contribution in [0.3, 0.4) is 0 Å². The fraction of sp³-hybridized carbons (Fsp3) is 1.00. The first-order chi connectivity index (χ1) is 6.63. The second kappa shape index (κ2) is 8.96. The van der Waals surface area contributed by atoms with Crippen LogP contribution in [0, 0.1) is 17.8 Å². The normalized spacial score (nSPS) is 15.9. The molecule has 0 amide bonds. The van der Waals surface area contributed by atoms with Gasteiger partial charge in [-0.15, -0.1) is 0 Å². The Balaban J connectivity index is 3.87. The third-order valence-electron chi connectivity index (χ3n) is 2.90. The quantitative estimate of drug-likeness (QED) is 0.535. The molecule has 0 aliphatic heterocycles. The van der Waals surface area contributed by atoms with Crippen LogP contribution >= 0.6 is 22.6 Å². The second-order valence-corrected chi connectivity index (χ2v) is 5.80. The molecule has 0 spiro atoms. The van der Waals surface area contributed by atoms with E-state index in [0.29, 0.717) is 0 Å². The number of hydrogen-bond acceptors (Lipinski definition) is 1. The summed E-state index contributed by atoms with van der Waals surface area (Å²) in [5.74, 6) is 2.45. The summed E-state index contributed by atoms with van der Waals surface area (Å²) in [5, 5.41) is 0. The number of alkyl halides is 1. The second-order valence-electron chi connectivity index (χ2n) is 4.72. The van der Waals surface area contributed by atoms with Gasteiger partial charge in [0, 0.05) is 0 Å². The van der Waals surface area contributed by atoms with Crippen LogP contribution in [0.1, 0.15) is 46.5 Å². The van der Waals surface area contributed by atoms with E-state index in [1.165, 1.54) is 30.1 Å². The van der Waals surface area contributed by atoms with Crippen LogP contribution in [0.5, 0.6) is 0 Å². The van der Waals surface area contributed by atoms with Gasteiger partial charge >= 0.3 is 0 Å². The Bertz CT molecular complexity index is 125. The maximum atomic E-state index is 5.82. The van der Waals surface area contributed by atoms with Crippen LogP contribution < -0.4 is 5.73 Å². The number of halogens is 1. The minimum absolute atomic E-state index is 0.753. The summed E-state index contributed by atoms with van der Waals surface area (Å²) >= 11 is 2.48. The average molecular weight is 311 g/mol. The lowest BCUT2D eigenvalue weighted by Crippen LogP contribution is -2.20. The van der Waals surface area contributed by atoms with E-state index in [-0.39, 0.29) is 0 Å². The minimum Gasteiger partial charge on any atom is -0.330 e. The van der Waals surface area contributed by atoms with Crippen molar-refractivity contribution in [3.63, 3.8) is 0 Å². The van der Waals surface area contributed by atoms with Crippen LogP contribution in [-0.2, 0) is 0 Å². The molecule has 0 heterocycles. The topological polar surface area (TPSA) is 26.0 Å². The summed E-state index contributed by atoms with van der Waals surface area (Å²) < 4.78 is 1.29. The molecule has 0 aliphatic carbocycles. The molecule has 0 bridgehead atoms. The molecule has 0 saturated heterocycles. The minimum atomic E-state index is 0.753. The average Bonchev–Trinajstić information content (AvgIpc) is 2.15. The van der Waals surface area contributed by atoms with Gasteiger partial charge in [-0.3, -0.25) is 0 Å². The zero-order chi connectivity index (χ0) is 11.0. The highest BCUT2D eigenvalue weighted by atomic mass is 127. The van der Waals surface area contributed by atoms with Gasteiger partial charge in [0.05, 0.1) is 0 Å². The lowest BCUT2D eigenvalue weighted by molar-refractivity contribution is 0.316. The first-order valence-corrected chi connectivity index (χ1v) is 7.42. The molecular weight excluding hydrogens is 285 g/mol. The van der Waals surface area contributed by atoms with E-state index >= 15 is 0 Å². The van der Waals surface area contributed by atoms with Gasteiger partial charge in [-0.1, -0.05) is 49.8 Å². The maximum absolute atomic E-state index is 5.82. The van der Waals surface area contributed by atoms with E-state index in [0.717, 1.165) is 24.3 Å². The molecule has 0 aromatic carbocycles. The van der Waals surface area contributed by atoms with Crippen molar-refractivity contribution < 1.29 is 0 Å². The van der Waals surface area contributed by atoms with E-state index in [1.54, 1.807) is 0 Å². The van der Waals surface area contributed by atoms with Crippen LogP contribution in [0.2, 0.25) is 0 Å². The van der Waals surface area contributed by atoms with E-state index in [9.17, 15) is 0 Å². The summed E-state index contributed by atoms with van der Waals surface area (Å²) in [7, 11) is 0. The predicted molar refractivity (Wildman–Crippen MR) is 73.9 cm³/mol. The van der Waals surface area contributed by atoms with Crippen molar-refractivity contribution in [2.24, 2.45) is 23.5 Å². The van der Waals surface area contributed by atoms with Crippen LogP contribution in [0.25, 0.3) is 0 Å². The highest BCUT2D eigenvalue weighted by molar-refractivity contribution is 14.1. The summed E-state index contributed by atoms with van der Waals surface area (Å²) in [5.41, 5.74) is 5.82. The molecular formula is C12H26IN. The third kappa shape index (κ3) is 7.04. The van der Waals surface area contributed by atoms with Gasteiger partial charge in [0.2, 0.25) is 0 Å². The smallest absolute Gasteiger partial charge is 0.000209 e. The van der Waals surface area contributed by atoms with Gasteiger partial charge in [-0.25, -0.2) is 0 Å². The molecule has 0 aliphatic rings. The summed E-state index contributed by atoms with van der Waals surface area (Å²) in [4.78, 5) is 0. The van der Waals surface area contributed by atoms with E-state index in [4.69, 9.17) is 5.73 Å². The van der Waals surface area contributed by atoms with Gasteiger partial charge in [0.1, 0.15) is 0 Å². The Morgan fingerprint density at radius 1 is 1.14 bits per heavy atom. The SMILES string of the molecule is CCC(CCI)C[C@H](CN)CC(C)C. The van der Waals surface area contributed by atoms with Crippen molar-refractivity contribution in [1.29, 1.82) is 0 Å². The lowest BCUT2D eigenvalue weighted by Gasteiger charge is -2.22. The van der Waals surface area contributed by atoms with Crippen molar-refractivity contribution in [3.05, 3.63) is 0 Å². The van der Waals surface area contributed by atoms with E-state index in [1.807, 2.05) is 0 Å². The first-order valence-electron chi connectivity index (χ1n) is 5.90. The molecule has 0 rings (SSSR count). The summed E-state index contributed by atoms with van der Waals surface area (Å²) in [6, 6.07) is 0. The van der Waals surface area contributed by atoms with E-state index < -0.39 is 0 Å². The van der Waals surface area contributed by atoms with Gasteiger partial charge < -0.3 is 5.73 Å². The molecule has 14 heavy (non-hydrogen) atoms. The molecule has 1 nitrogen and oxygen atoms in total. The van der Waals surface area contributed by atoms with E-state index in [2.05, 4.69) is 43.4 Å². The largest absolute Gasteiger partial charge is 0.330 e. The maximum Gasteiger partial charge on any atom is -0.000209 e. The Morgan fingerprint density at radius 2 is 1.79 bits per heavy atom. The lowest BCUT2D eigenvalue weighted by atomic mass is 9.86. The molecule has 2 heteroatoms. The fourth-order valence-corrected chi connectivity index (χ4v) is 2.95.